The van der Waals surface area contributed by atoms with Crippen molar-refractivity contribution in [1.29, 1.82) is 0 Å². The molecule has 22 heavy (non-hydrogen) atoms. The van der Waals surface area contributed by atoms with E-state index in [1.54, 1.807) is 0 Å². The summed E-state index contributed by atoms with van der Waals surface area (Å²) in [5.41, 5.74) is 2.10. The van der Waals surface area contributed by atoms with Crippen molar-refractivity contribution in [3.8, 4) is 0 Å². The van der Waals surface area contributed by atoms with Crippen LogP contribution in [0.2, 0.25) is 0 Å². The molecular formula is C18H21NO3. The second-order valence-corrected chi connectivity index (χ2v) is 6.97. The molecule has 0 unspecified atom stereocenters. The molecule has 0 bridgehead atoms. The molecule has 1 aromatic carbocycles. The van der Waals surface area contributed by atoms with E-state index in [-0.39, 0.29) is 23.8 Å². The number of benzene rings is 1. The fourth-order valence-corrected chi connectivity index (χ4v) is 5.20. The van der Waals surface area contributed by atoms with Crippen molar-refractivity contribution in [2.45, 2.75) is 56.4 Å². The SMILES string of the molecule is O=C(O)CC[C@]12CCC[C@H]3CCC(=O)N(c4ccccc41)[C@@H]32. The minimum Gasteiger partial charge on any atom is -0.481 e. The number of hydrogen-bond donors (Lipinski definition) is 1. The van der Waals surface area contributed by atoms with Crippen LogP contribution in [0.5, 0.6) is 0 Å². The first-order chi connectivity index (χ1) is 10.6. The number of carbonyl (C=O) groups excluding carboxylic acids is 1. The Morgan fingerprint density at radius 1 is 1.32 bits per heavy atom. The molecule has 1 N–H and O–H groups in total. The molecule has 1 amide bonds. The number of nitrogens with zero attached hydrogens (tertiary/aromatic N) is 1. The van der Waals surface area contributed by atoms with Crippen LogP contribution in [0, 0.1) is 5.92 Å². The number of carbonyl (C=O) groups is 2. The first-order valence-corrected chi connectivity index (χ1v) is 8.27. The lowest BCUT2D eigenvalue weighted by molar-refractivity contribution is -0.137. The quantitative estimate of drug-likeness (QED) is 0.933. The Hall–Kier alpha value is -1.84. The van der Waals surface area contributed by atoms with E-state index in [2.05, 4.69) is 6.07 Å². The number of hydrogen-bond acceptors (Lipinski definition) is 2. The summed E-state index contributed by atoms with van der Waals surface area (Å²) in [6.07, 6.45) is 5.72. The Morgan fingerprint density at radius 3 is 2.95 bits per heavy atom. The molecule has 2 heterocycles. The van der Waals surface area contributed by atoms with Crippen molar-refractivity contribution in [2.24, 2.45) is 5.92 Å². The maximum absolute atomic E-state index is 12.6. The van der Waals surface area contributed by atoms with E-state index >= 15 is 0 Å². The van der Waals surface area contributed by atoms with Crippen molar-refractivity contribution in [2.75, 3.05) is 4.90 Å². The van der Waals surface area contributed by atoms with Gasteiger partial charge in [-0.3, -0.25) is 9.59 Å². The highest BCUT2D eigenvalue weighted by atomic mass is 16.4. The van der Waals surface area contributed by atoms with E-state index in [0.29, 0.717) is 18.8 Å². The number of carboxylic acid groups (broad SMARTS) is 1. The van der Waals surface area contributed by atoms with E-state index in [1.807, 2.05) is 23.1 Å². The fraction of sp³-hybridized carbons (Fsp3) is 0.556. The van der Waals surface area contributed by atoms with Crippen LogP contribution in [0.3, 0.4) is 0 Å². The Balaban J connectivity index is 1.86. The van der Waals surface area contributed by atoms with Gasteiger partial charge >= 0.3 is 5.97 Å². The van der Waals surface area contributed by atoms with Gasteiger partial charge < -0.3 is 10.0 Å². The van der Waals surface area contributed by atoms with Crippen LogP contribution in [-0.2, 0) is 15.0 Å². The topological polar surface area (TPSA) is 57.6 Å². The average Bonchev–Trinajstić information content (AvgIpc) is 2.82. The van der Waals surface area contributed by atoms with Gasteiger partial charge in [-0.15, -0.1) is 0 Å². The molecule has 0 spiro atoms. The van der Waals surface area contributed by atoms with Gasteiger partial charge in [-0.05, 0) is 43.2 Å². The maximum atomic E-state index is 12.6. The molecular weight excluding hydrogens is 278 g/mol. The Morgan fingerprint density at radius 2 is 2.14 bits per heavy atom. The third-order valence-corrected chi connectivity index (χ3v) is 5.97. The fourth-order valence-electron chi connectivity index (χ4n) is 5.20. The summed E-state index contributed by atoms with van der Waals surface area (Å²) in [5, 5.41) is 9.18. The number of aliphatic carboxylic acids is 1. The van der Waals surface area contributed by atoms with E-state index in [1.165, 1.54) is 5.56 Å². The lowest BCUT2D eigenvalue weighted by Crippen LogP contribution is -2.56. The Labute approximate surface area is 130 Å². The summed E-state index contributed by atoms with van der Waals surface area (Å²) in [6, 6.07) is 8.34. The molecule has 4 nitrogen and oxygen atoms in total. The zero-order valence-corrected chi connectivity index (χ0v) is 12.6. The third-order valence-electron chi connectivity index (χ3n) is 5.97. The summed E-state index contributed by atoms with van der Waals surface area (Å²) in [5.74, 6) is -0.00462. The second kappa shape index (κ2) is 4.83. The van der Waals surface area contributed by atoms with Crippen molar-refractivity contribution in [3.05, 3.63) is 29.8 Å². The molecule has 0 aromatic heterocycles. The predicted molar refractivity (Wildman–Crippen MR) is 82.8 cm³/mol. The van der Waals surface area contributed by atoms with Crippen molar-refractivity contribution >= 4 is 17.6 Å². The summed E-state index contributed by atoms with van der Waals surface area (Å²) < 4.78 is 0. The summed E-state index contributed by atoms with van der Waals surface area (Å²) in [4.78, 5) is 25.7. The smallest absolute Gasteiger partial charge is 0.303 e. The predicted octanol–water partition coefficient (Wildman–Crippen LogP) is 3.10. The summed E-state index contributed by atoms with van der Waals surface area (Å²) in [7, 11) is 0. The minimum absolute atomic E-state index is 0.145. The van der Waals surface area contributed by atoms with Crippen LogP contribution in [0.4, 0.5) is 5.69 Å². The number of fused-ring (bicyclic) bond motifs is 3. The second-order valence-electron chi connectivity index (χ2n) is 6.97. The highest BCUT2D eigenvalue weighted by Crippen LogP contribution is 2.58. The van der Waals surface area contributed by atoms with Crippen LogP contribution in [0.1, 0.15) is 50.5 Å². The zero-order valence-electron chi connectivity index (χ0n) is 12.6. The molecule has 0 radical (unpaired) electrons. The van der Waals surface area contributed by atoms with Crippen LogP contribution < -0.4 is 4.90 Å². The number of piperidine rings is 1. The normalized spacial score (nSPS) is 32.5. The lowest BCUT2D eigenvalue weighted by atomic mass is 9.60. The molecule has 3 aliphatic rings. The summed E-state index contributed by atoms with van der Waals surface area (Å²) in [6.45, 7) is 0. The van der Waals surface area contributed by atoms with Gasteiger partial charge in [0, 0.05) is 30.0 Å². The van der Waals surface area contributed by atoms with E-state index in [4.69, 9.17) is 0 Å². The summed E-state index contributed by atoms with van der Waals surface area (Å²) >= 11 is 0. The van der Waals surface area contributed by atoms with Gasteiger partial charge in [-0.1, -0.05) is 24.6 Å². The number of para-hydroxylation sites is 1. The van der Waals surface area contributed by atoms with Crippen LogP contribution in [0.25, 0.3) is 0 Å². The number of rotatable bonds is 3. The van der Waals surface area contributed by atoms with Gasteiger partial charge in [-0.25, -0.2) is 0 Å². The van der Waals surface area contributed by atoms with Gasteiger partial charge in [0.1, 0.15) is 0 Å². The van der Waals surface area contributed by atoms with Gasteiger partial charge in [0.15, 0.2) is 0 Å². The maximum Gasteiger partial charge on any atom is 0.303 e. The molecule has 4 heteroatoms. The molecule has 1 saturated heterocycles. The van der Waals surface area contributed by atoms with E-state index < -0.39 is 5.97 Å². The molecule has 3 atom stereocenters. The minimum atomic E-state index is -0.741. The highest BCUT2D eigenvalue weighted by molar-refractivity contribution is 5.98. The Bertz CT molecular complexity index is 641. The molecule has 1 aromatic rings. The van der Waals surface area contributed by atoms with Crippen LogP contribution in [0.15, 0.2) is 24.3 Å². The number of carboxylic acids is 1. The van der Waals surface area contributed by atoms with Crippen LogP contribution in [-0.4, -0.2) is 23.0 Å². The van der Waals surface area contributed by atoms with Gasteiger partial charge in [0.2, 0.25) is 5.91 Å². The molecule has 1 aliphatic carbocycles. The first-order valence-electron chi connectivity index (χ1n) is 8.27. The molecule has 116 valence electrons. The lowest BCUT2D eigenvalue weighted by Gasteiger charge is -2.49. The van der Waals surface area contributed by atoms with Gasteiger partial charge in [-0.2, -0.15) is 0 Å². The monoisotopic (exact) mass is 299 g/mol. The molecule has 2 aliphatic heterocycles. The standard InChI is InChI=1S/C18H21NO3/c20-15-8-7-12-4-3-10-18(11-9-16(21)22)13-5-1-2-6-14(13)19(15)17(12)18/h1-2,5-6,12,17H,3-4,7-11H2,(H,21,22)/t12-,17-,18+/m0/s1. The number of anilines is 1. The van der Waals surface area contributed by atoms with Crippen LogP contribution >= 0.6 is 0 Å². The van der Waals surface area contributed by atoms with Gasteiger partial charge in [0.25, 0.3) is 0 Å². The van der Waals surface area contributed by atoms with Gasteiger partial charge in [0.05, 0.1) is 0 Å². The van der Waals surface area contributed by atoms with Crippen molar-refractivity contribution in [3.63, 3.8) is 0 Å². The molecule has 1 saturated carbocycles. The molecule has 2 fully saturated rings. The average molecular weight is 299 g/mol. The van der Waals surface area contributed by atoms with Crippen molar-refractivity contribution < 1.29 is 14.7 Å². The highest BCUT2D eigenvalue weighted by Gasteiger charge is 2.58. The number of amides is 1. The first kappa shape index (κ1) is 13.8. The van der Waals surface area contributed by atoms with E-state index in [9.17, 15) is 14.7 Å². The largest absolute Gasteiger partial charge is 0.481 e. The van der Waals surface area contributed by atoms with E-state index in [0.717, 1.165) is 31.4 Å². The third kappa shape index (κ3) is 1.76. The zero-order chi connectivity index (χ0) is 15.3. The Kier molecular flexibility index (Phi) is 3.03. The molecule has 4 rings (SSSR count). The van der Waals surface area contributed by atoms with Crippen molar-refractivity contribution in [1.82, 2.24) is 0 Å².